The first-order valence-corrected chi connectivity index (χ1v) is 6.91. The number of alkyl halides is 3. The number of aliphatic hydroxyl groups is 1. The third-order valence-electron chi connectivity index (χ3n) is 2.43. The van der Waals surface area contributed by atoms with Crippen LogP contribution in [0.4, 0.5) is 13.2 Å². The Balaban J connectivity index is 0. The normalized spacial score (nSPS) is 12.5. The Morgan fingerprint density at radius 3 is 2.33 bits per heavy atom. The molecular formula is C12H26F3N3O3. The summed E-state index contributed by atoms with van der Waals surface area (Å²) < 4.78 is 31.5. The Labute approximate surface area is 122 Å². The molecule has 9 heteroatoms. The van der Waals surface area contributed by atoms with E-state index in [9.17, 15) is 13.2 Å². The topological polar surface area (TPSA) is 112 Å². The maximum absolute atomic E-state index is 10.5. The SMILES string of the molecule is CCN[C@@H](CCCO)CNCCC[NH3+].O=C([O-])C(F)(F)F. The Kier molecular flexibility index (Phi) is 15.0. The quantitative estimate of drug-likeness (QED) is 0.357. The van der Waals surface area contributed by atoms with Gasteiger partial charge < -0.3 is 31.4 Å². The lowest BCUT2D eigenvalue weighted by atomic mass is 10.1. The highest BCUT2D eigenvalue weighted by molar-refractivity contribution is 5.70. The molecule has 0 aliphatic carbocycles. The number of likely N-dealkylation sites (N-methyl/N-ethyl adjacent to an activating group) is 1. The van der Waals surface area contributed by atoms with E-state index in [4.69, 9.17) is 15.0 Å². The molecule has 0 aliphatic rings. The van der Waals surface area contributed by atoms with E-state index in [-0.39, 0.29) is 0 Å². The van der Waals surface area contributed by atoms with Crippen molar-refractivity contribution in [1.82, 2.24) is 10.6 Å². The van der Waals surface area contributed by atoms with Crippen LogP contribution in [-0.2, 0) is 4.79 Å². The number of carboxylic acids is 1. The molecule has 21 heavy (non-hydrogen) atoms. The number of rotatable bonds is 10. The number of nitrogens with one attached hydrogen (secondary N) is 2. The summed E-state index contributed by atoms with van der Waals surface area (Å²) in [6, 6.07) is 0.497. The van der Waals surface area contributed by atoms with E-state index in [2.05, 4.69) is 23.3 Å². The number of aliphatic hydroxyl groups excluding tert-OH is 1. The average Bonchev–Trinajstić information content (AvgIpc) is 2.40. The summed E-state index contributed by atoms with van der Waals surface area (Å²) in [5.41, 5.74) is 3.80. The molecule has 0 radical (unpaired) electrons. The highest BCUT2D eigenvalue weighted by Gasteiger charge is 2.28. The van der Waals surface area contributed by atoms with Crippen molar-refractivity contribution in [2.24, 2.45) is 0 Å². The summed E-state index contributed by atoms with van der Waals surface area (Å²) in [4.78, 5) is 8.78. The molecule has 6 N–H and O–H groups in total. The molecule has 0 aromatic carbocycles. The third-order valence-corrected chi connectivity index (χ3v) is 2.43. The first-order valence-electron chi connectivity index (χ1n) is 6.91. The van der Waals surface area contributed by atoms with Gasteiger partial charge in [0.1, 0.15) is 5.97 Å². The van der Waals surface area contributed by atoms with Crippen LogP contribution in [-0.4, -0.2) is 56.1 Å². The summed E-state index contributed by atoms with van der Waals surface area (Å²) in [6.45, 7) is 6.43. The molecule has 0 aromatic heterocycles. The summed E-state index contributed by atoms with van der Waals surface area (Å²) in [5, 5.41) is 24.3. The number of halogens is 3. The van der Waals surface area contributed by atoms with Crippen LogP contribution in [0.3, 0.4) is 0 Å². The number of carbonyl (C=O) groups excluding carboxylic acids is 1. The smallest absolute Gasteiger partial charge is 0.430 e. The zero-order valence-corrected chi connectivity index (χ0v) is 12.3. The number of carbonyl (C=O) groups is 1. The third kappa shape index (κ3) is 17.0. The molecule has 128 valence electrons. The first-order chi connectivity index (χ1) is 9.79. The van der Waals surface area contributed by atoms with Gasteiger partial charge in [-0.25, -0.2) is 0 Å². The van der Waals surface area contributed by atoms with Gasteiger partial charge in [-0.05, 0) is 19.4 Å². The van der Waals surface area contributed by atoms with Crippen molar-refractivity contribution in [3.8, 4) is 0 Å². The van der Waals surface area contributed by atoms with E-state index in [1.54, 1.807) is 0 Å². The van der Waals surface area contributed by atoms with E-state index in [0.29, 0.717) is 12.6 Å². The highest BCUT2D eigenvalue weighted by Crippen LogP contribution is 2.11. The van der Waals surface area contributed by atoms with Crippen LogP contribution in [0.5, 0.6) is 0 Å². The summed E-state index contributed by atoms with van der Waals surface area (Å²) in [5.74, 6) is -3.01. The van der Waals surface area contributed by atoms with E-state index < -0.39 is 12.1 Å². The van der Waals surface area contributed by atoms with Crippen molar-refractivity contribution < 1.29 is 33.9 Å². The zero-order valence-electron chi connectivity index (χ0n) is 12.3. The second kappa shape index (κ2) is 14.1. The molecule has 1 atom stereocenters. The Hall–Kier alpha value is -0.900. The minimum Gasteiger partial charge on any atom is -0.542 e. The van der Waals surface area contributed by atoms with Crippen LogP contribution in [0.2, 0.25) is 0 Å². The number of hydrogen-bond donors (Lipinski definition) is 4. The maximum atomic E-state index is 10.5. The molecular weight excluding hydrogens is 291 g/mol. The predicted molar refractivity (Wildman–Crippen MR) is 70.1 cm³/mol. The minimum atomic E-state index is -5.19. The van der Waals surface area contributed by atoms with Crippen molar-refractivity contribution in [3.63, 3.8) is 0 Å². The largest absolute Gasteiger partial charge is 0.542 e. The summed E-state index contributed by atoms with van der Waals surface area (Å²) in [6.07, 6.45) is -2.13. The van der Waals surface area contributed by atoms with Crippen LogP contribution >= 0.6 is 0 Å². The van der Waals surface area contributed by atoms with E-state index in [0.717, 1.165) is 45.4 Å². The Morgan fingerprint density at radius 2 is 1.95 bits per heavy atom. The molecule has 6 nitrogen and oxygen atoms in total. The first kappa shape index (κ1) is 22.4. The Bertz CT molecular complexity index is 254. The lowest BCUT2D eigenvalue weighted by Gasteiger charge is -2.17. The van der Waals surface area contributed by atoms with Crippen LogP contribution in [0, 0.1) is 0 Å². The van der Waals surface area contributed by atoms with Crippen LogP contribution in [0.25, 0.3) is 0 Å². The highest BCUT2D eigenvalue weighted by atomic mass is 19.4. The number of carboxylic acid groups (broad SMARTS) is 1. The fourth-order valence-corrected chi connectivity index (χ4v) is 1.43. The fourth-order valence-electron chi connectivity index (χ4n) is 1.43. The molecule has 0 aromatic rings. The fraction of sp³-hybridized carbons (Fsp3) is 0.917. The Morgan fingerprint density at radius 1 is 1.38 bits per heavy atom. The number of quaternary nitrogens is 1. The number of hydrogen-bond acceptors (Lipinski definition) is 5. The number of aliphatic carboxylic acids is 1. The molecule has 0 spiro atoms. The standard InChI is InChI=1S/C10H25N3O.C2HF3O2/c1-2-13-10(5-3-8-14)9-12-7-4-6-11;3-2(4,5)1(6)7/h10,12-14H,2-9,11H2,1H3;(H,6,7)/t10-;/m0./s1. The van der Waals surface area contributed by atoms with Gasteiger partial charge in [0, 0.05) is 32.2 Å². The summed E-state index contributed by atoms with van der Waals surface area (Å²) >= 11 is 0. The van der Waals surface area contributed by atoms with Crippen molar-refractivity contribution in [1.29, 1.82) is 0 Å². The maximum Gasteiger partial charge on any atom is 0.430 e. The van der Waals surface area contributed by atoms with Gasteiger partial charge in [-0.3, -0.25) is 0 Å². The van der Waals surface area contributed by atoms with E-state index in [1.807, 2.05) is 0 Å². The molecule has 0 rings (SSSR count). The van der Waals surface area contributed by atoms with E-state index >= 15 is 0 Å². The zero-order chi connectivity index (χ0) is 16.7. The van der Waals surface area contributed by atoms with Crippen LogP contribution < -0.4 is 21.5 Å². The molecule has 0 unspecified atom stereocenters. The minimum absolute atomic E-state index is 0.292. The second-order valence-electron chi connectivity index (χ2n) is 4.32. The van der Waals surface area contributed by atoms with Gasteiger partial charge in [0.05, 0.1) is 6.54 Å². The second-order valence-corrected chi connectivity index (χ2v) is 4.32. The molecule has 0 bridgehead atoms. The molecule has 0 fully saturated rings. The molecule has 0 heterocycles. The predicted octanol–water partition coefficient (Wildman–Crippen LogP) is -1.74. The van der Waals surface area contributed by atoms with Gasteiger partial charge in [-0.15, -0.1) is 0 Å². The summed E-state index contributed by atoms with van der Waals surface area (Å²) in [7, 11) is 0. The lowest BCUT2D eigenvalue weighted by Crippen LogP contribution is -2.51. The van der Waals surface area contributed by atoms with Gasteiger partial charge in [0.25, 0.3) is 0 Å². The molecule has 0 aliphatic heterocycles. The van der Waals surface area contributed by atoms with Gasteiger partial charge in [0.15, 0.2) is 0 Å². The van der Waals surface area contributed by atoms with Crippen molar-refractivity contribution >= 4 is 5.97 Å². The van der Waals surface area contributed by atoms with Gasteiger partial charge >= 0.3 is 6.18 Å². The van der Waals surface area contributed by atoms with Crippen molar-refractivity contribution in [3.05, 3.63) is 0 Å². The van der Waals surface area contributed by atoms with Crippen molar-refractivity contribution in [2.75, 3.05) is 32.8 Å². The molecule has 0 amide bonds. The van der Waals surface area contributed by atoms with E-state index in [1.165, 1.54) is 0 Å². The molecule has 0 saturated carbocycles. The molecule has 0 saturated heterocycles. The monoisotopic (exact) mass is 317 g/mol. The van der Waals surface area contributed by atoms with Crippen LogP contribution in [0.1, 0.15) is 26.2 Å². The van der Waals surface area contributed by atoms with Crippen LogP contribution in [0.15, 0.2) is 0 Å². The van der Waals surface area contributed by atoms with Crippen molar-refractivity contribution in [2.45, 2.75) is 38.4 Å². The van der Waals surface area contributed by atoms with Gasteiger partial charge in [0.2, 0.25) is 0 Å². The van der Waals surface area contributed by atoms with Gasteiger partial charge in [-0.1, -0.05) is 6.92 Å². The van der Waals surface area contributed by atoms with Gasteiger partial charge in [-0.2, -0.15) is 13.2 Å². The average molecular weight is 317 g/mol. The lowest BCUT2D eigenvalue weighted by molar-refractivity contribution is -0.367.